The third-order valence-corrected chi connectivity index (χ3v) is 4.10. The summed E-state index contributed by atoms with van der Waals surface area (Å²) < 4.78 is 0. The van der Waals surface area contributed by atoms with Crippen LogP contribution in [0.5, 0.6) is 0 Å². The van der Waals surface area contributed by atoms with Crippen LogP contribution >= 0.6 is 0 Å². The van der Waals surface area contributed by atoms with E-state index >= 15 is 0 Å². The second kappa shape index (κ2) is 4.78. The molecule has 1 aliphatic rings. The van der Waals surface area contributed by atoms with E-state index in [-0.39, 0.29) is 12.0 Å². The van der Waals surface area contributed by atoms with Crippen molar-refractivity contribution in [1.82, 2.24) is 10.2 Å². The first kappa shape index (κ1) is 12.4. The summed E-state index contributed by atoms with van der Waals surface area (Å²) in [7, 11) is 0. The highest BCUT2D eigenvalue weighted by Crippen LogP contribution is 2.48. The fraction of sp³-hybridized carbons (Fsp3) is 0.467. The van der Waals surface area contributed by atoms with Gasteiger partial charge in [0.25, 0.3) is 0 Å². The molecule has 0 spiro atoms. The molecule has 0 bridgehead atoms. The molecule has 19 heavy (non-hydrogen) atoms. The predicted molar refractivity (Wildman–Crippen MR) is 76.1 cm³/mol. The summed E-state index contributed by atoms with van der Waals surface area (Å²) in [6.45, 7) is 3.12. The molecule has 0 unspecified atom stereocenters. The number of aryl methyl sites for hydroxylation is 1. The number of hydrogen-bond donors (Lipinski definition) is 2. The van der Waals surface area contributed by atoms with Gasteiger partial charge in [0.05, 0.1) is 5.69 Å². The number of anilines is 1. The number of fused-ring (bicyclic) bond motifs is 1. The van der Waals surface area contributed by atoms with Crippen molar-refractivity contribution in [2.45, 2.75) is 26.2 Å². The van der Waals surface area contributed by atoms with Gasteiger partial charge in [-0.15, -0.1) is 5.10 Å². The number of hydrogen-bond acceptors (Lipinski definition) is 4. The zero-order chi connectivity index (χ0) is 13.3. The Kier molecular flexibility index (Phi) is 3.11. The van der Waals surface area contributed by atoms with Crippen molar-refractivity contribution in [2.24, 2.45) is 5.41 Å². The van der Waals surface area contributed by atoms with Gasteiger partial charge < -0.3 is 10.4 Å². The standard InChI is InChI=1S/C15H19N3O/c1-11-12-4-2-3-5-13(12)14(18-17-11)16-10-15(6-7-15)8-9-19/h2-5,19H,6-10H2,1H3,(H,16,18). The maximum absolute atomic E-state index is 9.09. The van der Waals surface area contributed by atoms with Gasteiger partial charge in [0.2, 0.25) is 0 Å². The van der Waals surface area contributed by atoms with Gasteiger partial charge in [-0.25, -0.2) is 0 Å². The van der Waals surface area contributed by atoms with Crippen LogP contribution in [0, 0.1) is 12.3 Å². The topological polar surface area (TPSA) is 58.0 Å². The molecule has 0 aliphatic heterocycles. The number of benzene rings is 1. The lowest BCUT2D eigenvalue weighted by Gasteiger charge is -2.16. The molecular formula is C15H19N3O. The van der Waals surface area contributed by atoms with Crippen LogP contribution in [-0.2, 0) is 0 Å². The second-order valence-electron chi connectivity index (χ2n) is 5.51. The molecule has 1 aliphatic carbocycles. The number of aliphatic hydroxyl groups is 1. The average molecular weight is 257 g/mol. The Balaban J connectivity index is 1.84. The van der Waals surface area contributed by atoms with Gasteiger partial charge >= 0.3 is 0 Å². The van der Waals surface area contributed by atoms with Crippen LogP contribution in [0.3, 0.4) is 0 Å². The normalized spacial score (nSPS) is 16.5. The number of nitrogens with one attached hydrogen (secondary N) is 1. The summed E-state index contributed by atoms with van der Waals surface area (Å²) in [5, 5.41) is 23.3. The van der Waals surface area contributed by atoms with Gasteiger partial charge in [0, 0.05) is 23.9 Å². The van der Waals surface area contributed by atoms with Crippen LogP contribution in [0.15, 0.2) is 24.3 Å². The molecule has 2 N–H and O–H groups in total. The Morgan fingerprint density at radius 3 is 2.63 bits per heavy atom. The number of aromatic nitrogens is 2. The number of rotatable bonds is 5. The smallest absolute Gasteiger partial charge is 0.156 e. The average Bonchev–Trinajstić information content (AvgIpc) is 3.19. The van der Waals surface area contributed by atoms with Crippen molar-refractivity contribution in [1.29, 1.82) is 0 Å². The molecule has 0 amide bonds. The Hall–Kier alpha value is -1.68. The predicted octanol–water partition coefficient (Wildman–Crippen LogP) is 2.51. The fourth-order valence-electron chi connectivity index (χ4n) is 2.57. The molecule has 1 heterocycles. The van der Waals surface area contributed by atoms with E-state index in [0.717, 1.165) is 35.2 Å². The molecule has 0 saturated heterocycles. The van der Waals surface area contributed by atoms with E-state index < -0.39 is 0 Å². The third kappa shape index (κ3) is 2.40. The van der Waals surface area contributed by atoms with Crippen LogP contribution in [0.2, 0.25) is 0 Å². The van der Waals surface area contributed by atoms with Crippen molar-refractivity contribution in [3.05, 3.63) is 30.0 Å². The first-order valence-electron chi connectivity index (χ1n) is 6.81. The van der Waals surface area contributed by atoms with E-state index in [1.165, 1.54) is 12.8 Å². The third-order valence-electron chi connectivity index (χ3n) is 4.10. The van der Waals surface area contributed by atoms with Crippen LogP contribution in [0.25, 0.3) is 10.8 Å². The molecule has 4 nitrogen and oxygen atoms in total. The minimum atomic E-state index is 0.266. The zero-order valence-corrected chi connectivity index (χ0v) is 11.2. The van der Waals surface area contributed by atoms with Gasteiger partial charge in [-0.3, -0.25) is 0 Å². The summed E-state index contributed by atoms with van der Waals surface area (Å²) in [5.74, 6) is 0.852. The maximum atomic E-state index is 9.09. The Labute approximate surface area is 112 Å². The summed E-state index contributed by atoms with van der Waals surface area (Å²) in [4.78, 5) is 0. The van der Waals surface area contributed by atoms with E-state index in [9.17, 15) is 0 Å². The molecular weight excluding hydrogens is 238 g/mol. The van der Waals surface area contributed by atoms with Gasteiger partial charge in [-0.05, 0) is 31.6 Å². The number of aliphatic hydroxyl groups excluding tert-OH is 1. The highest BCUT2D eigenvalue weighted by molar-refractivity contribution is 5.92. The lowest BCUT2D eigenvalue weighted by molar-refractivity contribution is 0.253. The molecule has 2 aromatic rings. The maximum Gasteiger partial charge on any atom is 0.156 e. The SMILES string of the molecule is Cc1nnc(NCC2(CCO)CC2)c2ccccc12. The summed E-state index contributed by atoms with van der Waals surface area (Å²) in [6.07, 6.45) is 3.26. The Morgan fingerprint density at radius 2 is 1.95 bits per heavy atom. The first-order valence-corrected chi connectivity index (χ1v) is 6.81. The fourth-order valence-corrected chi connectivity index (χ4v) is 2.57. The van der Waals surface area contributed by atoms with E-state index in [2.05, 4.69) is 27.6 Å². The Morgan fingerprint density at radius 1 is 1.21 bits per heavy atom. The summed E-state index contributed by atoms with van der Waals surface area (Å²) >= 11 is 0. The van der Waals surface area contributed by atoms with Gasteiger partial charge in [0.1, 0.15) is 0 Å². The summed E-state index contributed by atoms with van der Waals surface area (Å²) in [6, 6.07) is 8.19. The second-order valence-corrected chi connectivity index (χ2v) is 5.51. The van der Waals surface area contributed by atoms with Crippen LogP contribution in [0.4, 0.5) is 5.82 Å². The van der Waals surface area contributed by atoms with Gasteiger partial charge in [-0.1, -0.05) is 24.3 Å². The molecule has 0 atom stereocenters. The highest BCUT2D eigenvalue weighted by Gasteiger charge is 2.41. The lowest BCUT2D eigenvalue weighted by Crippen LogP contribution is -2.18. The summed E-state index contributed by atoms with van der Waals surface area (Å²) in [5.41, 5.74) is 1.24. The van der Waals surface area contributed by atoms with Crippen LogP contribution < -0.4 is 5.32 Å². The quantitative estimate of drug-likeness (QED) is 0.864. The number of nitrogens with zero attached hydrogens (tertiary/aromatic N) is 2. The van der Waals surface area contributed by atoms with Crippen LogP contribution in [-0.4, -0.2) is 28.5 Å². The van der Waals surface area contributed by atoms with Crippen LogP contribution in [0.1, 0.15) is 25.0 Å². The van der Waals surface area contributed by atoms with Gasteiger partial charge in [-0.2, -0.15) is 5.10 Å². The van der Waals surface area contributed by atoms with Crippen molar-refractivity contribution >= 4 is 16.6 Å². The molecule has 0 radical (unpaired) electrons. The molecule has 3 rings (SSSR count). The minimum absolute atomic E-state index is 0.266. The van der Waals surface area contributed by atoms with E-state index in [1.54, 1.807) is 0 Å². The Bertz CT molecular complexity index is 593. The molecule has 4 heteroatoms. The zero-order valence-electron chi connectivity index (χ0n) is 11.2. The molecule has 1 aromatic heterocycles. The van der Waals surface area contributed by atoms with Gasteiger partial charge in [0.15, 0.2) is 5.82 Å². The van der Waals surface area contributed by atoms with Crippen molar-refractivity contribution in [3.63, 3.8) is 0 Å². The molecule has 1 fully saturated rings. The molecule has 1 aromatic carbocycles. The first-order chi connectivity index (χ1) is 9.24. The molecule has 1 saturated carbocycles. The van der Waals surface area contributed by atoms with Crippen molar-refractivity contribution in [2.75, 3.05) is 18.5 Å². The van der Waals surface area contributed by atoms with Crippen molar-refractivity contribution in [3.8, 4) is 0 Å². The monoisotopic (exact) mass is 257 g/mol. The van der Waals surface area contributed by atoms with E-state index in [1.807, 2.05) is 19.1 Å². The van der Waals surface area contributed by atoms with Crippen molar-refractivity contribution < 1.29 is 5.11 Å². The largest absolute Gasteiger partial charge is 0.396 e. The van der Waals surface area contributed by atoms with E-state index in [4.69, 9.17) is 5.11 Å². The lowest BCUT2D eigenvalue weighted by atomic mass is 10.0. The minimum Gasteiger partial charge on any atom is -0.396 e. The highest BCUT2D eigenvalue weighted by atomic mass is 16.3. The van der Waals surface area contributed by atoms with E-state index in [0.29, 0.717) is 0 Å². The molecule has 100 valence electrons.